The zero-order valence-electron chi connectivity index (χ0n) is 23.9. The van der Waals surface area contributed by atoms with E-state index in [-0.39, 0.29) is 11.6 Å². The molecule has 7 nitrogen and oxygen atoms in total. The largest absolute Gasteiger partial charge is 0.476 e. The Hall–Kier alpha value is -4.46. The molecule has 0 saturated carbocycles. The highest BCUT2D eigenvalue weighted by molar-refractivity contribution is 6.31. The van der Waals surface area contributed by atoms with E-state index in [1.807, 2.05) is 0 Å². The first-order valence-corrected chi connectivity index (χ1v) is 14.0. The molecule has 0 aliphatic heterocycles. The first kappa shape index (κ1) is 31.5. The van der Waals surface area contributed by atoms with Crippen molar-refractivity contribution in [3.8, 4) is 11.5 Å². The van der Waals surface area contributed by atoms with Crippen LogP contribution in [0.15, 0.2) is 97.1 Å². The van der Waals surface area contributed by atoms with Crippen LogP contribution < -0.4 is 9.47 Å². The minimum atomic E-state index is -1.54. The first-order chi connectivity index (χ1) is 20.2. The molecule has 4 aromatic rings. The minimum Gasteiger partial charge on any atom is -0.476 e. The normalized spacial score (nSPS) is 11.4. The summed E-state index contributed by atoms with van der Waals surface area (Å²) < 4.78 is 16.7. The quantitative estimate of drug-likeness (QED) is 0.103. The fourth-order valence-corrected chi connectivity index (χ4v) is 4.14. The fraction of sp³-hybridized carbons (Fsp3) is 0.176. The monoisotopic (exact) mass is 618 g/mol. The van der Waals surface area contributed by atoms with Crippen LogP contribution in [0.2, 0.25) is 10.0 Å². The van der Waals surface area contributed by atoms with Crippen molar-refractivity contribution >= 4 is 46.7 Å². The summed E-state index contributed by atoms with van der Waals surface area (Å²) in [5.41, 5.74) is -1.28. The Morgan fingerprint density at radius 3 is 1.00 bits per heavy atom. The third kappa shape index (κ3) is 7.89. The number of ether oxygens (including phenoxy) is 3. The highest BCUT2D eigenvalue weighted by atomic mass is 35.5. The molecule has 0 fully saturated rings. The Morgan fingerprint density at radius 1 is 0.465 bits per heavy atom. The summed E-state index contributed by atoms with van der Waals surface area (Å²) in [5.74, 6) is -1.66. The van der Waals surface area contributed by atoms with Gasteiger partial charge in [-0.2, -0.15) is 0 Å². The molecule has 43 heavy (non-hydrogen) atoms. The molecule has 220 valence electrons. The predicted octanol–water partition coefficient (Wildman–Crippen LogP) is 7.54. The van der Waals surface area contributed by atoms with Gasteiger partial charge in [0.15, 0.2) is 11.6 Å². The lowest BCUT2D eigenvalue weighted by Gasteiger charge is -2.27. The van der Waals surface area contributed by atoms with Crippen molar-refractivity contribution in [1.29, 1.82) is 0 Å². The van der Waals surface area contributed by atoms with Crippen molar-refractivity contribution < 1.29 is 33.4 Å². The van der Waals surface area contributed by atoms with Gasteiger partial charge >= 0.3 is 11.9 Å². The minimum absolute atomic E-state index is 0.197. The molecule has 0 aromatic heterocycles. The highest BCUT2D eigenvalue weighted by Crippen LogP contribution is 2.25. The summed E-state index contributed by atoms with van der Waals surface area (Å²) in [5, 5.41) is 1.06. The second-order valence-electron chi connectivity index (χ2n) is 10.6. The molecule has 0 unspecified atom stereocenters. The number of benzene rings is 4. The second kappa shape index (κ2) is 12.8. The van der Waals surface area contributed by atoms with Crippen molar-refractivity contribution in [1.82, 2.24) is 0 Å². The van der Waals surface area contributed by atoms with E-state index in [1.54, 1.807) is 97.1 Å². The van der Waals surface area contributed by atoms with Gasteiger partial charge in [-0.05, 0) is 125 Å². The molecule has 0 aliphatic carbocycles. The Balaban J connectivity index is 1.35. The predicted molar refractivity (Wildman–Crippen MR) is 163 cm³/mol. The topological polar surface area (TPSA) is 96.0 Å². The van der Waals surface area contributed by atoms with Crippen molar-refractivity contribution in [3.63, 3.8) is 0 Å². The van der Waals surface area contributed by atoms with Crippen LogP contribution in [-0.4, -0.2) is 34.7 Å². The molecular weight excluding hydrogens is 591 g/mol. The molecule has 0 amide bonds. The maximum absolute atomic E-state index is 12.9. The van der Waals surface area contributed by atoms with Crippen LogP contribution in [0.25, 0.3) is 0 Å². The van der Waals surface area contributed by atoms with E-state index in [0.29, 0.717) is 43.8 Å². The van der Waals surface area contributed by atoms with E-state index in [4.69, 9.17) is 37.4 Å². The molecule has 4 aromatic carbocycles. The van der Waals surface area contributed by atoms with Crippen LogP contribution in [-0.2, 0) is 14.3 Å². The van der Waals surface area contributed by atoms with E-state index < -0.39 is 23.1 Å². The van der Waals surface area contributed by atoms with Gasteiger partial charge in [0.05, 0.1) is 0 Å². The third-order valence-corrected chi connectivity index (χ3v) is 6.86. The van der Waals surface area contributed by atoms with Gasteiger partial charge in [0, 0.05) is 32.3 Å². The van der Waals surface area contributed by atoms with Crippen molar-refractivity contribution in [2.45, 2.75) is 38.9 Å². The van der Waals surface area contributed by atoms with Gasteiger partial charge in [-0.3, -0.25) is 9.59 Å². The number of esters is 2. The fourth-order valence-electron chi connectivity index (χ4n) is 3.89. The van der Waals surface area contributed by atoms with E-state index in [0.717, 1.165) is 0 Å². The van der Waals surface area contributed by atoms with Crippen molar-refractivity contribution in [3.05, 3.63) is 129 Å². The van der Waals surface area contributed by atoms with Crippen LogP contribution >= 0.6 is 23.2 Å². The number of ketones is 2. The molecule has 0 saturated heterocycles. The lowest BCUT2D eigenvalue weighted by molar-refractivity contribution is -0.178. The Kier molecular flexibility index (Phi) is 9.38. The SMILES string of the molecule is CC(C)(Oc1ccc(C(=O)c2ccc(Cl)cc2)cc1)C(=O)OC(=O)C(C)(C)Oc1ccc(C(=O)c2ccc(Cl)cc2)cc1. The number of rotatable bonds is 10. The Bertz CT molecular complexity index is 1510. The van der Waals surface area contributed by atoms with Gasteiger partial charge in [-0.15, -0.1) is 0 Å². The molecule has 0 bridgehead atoms. The van der Waals surface area contributed by atoms with Gasteiger partial charge < -0.3 is 14.2 Å². The molecule has 0 aliphatic rings. The van der Waals surface area contributed by atoms with Gasteiger partial charge in [0.1, 0.15) is 11.5 Å². The molecule has 0 N–H and O–H groups in total. The summed E-state index contributed by atoms with van der Waals surface area (Å²) in [4.78, 5) is 51.2. The summed E-state index contributed by atoms with van der Waals surface area (Å²) in [6, 6.07) is 25.6. The first-order valence-electron chi connectivity index (χ1n) is 13.2. The summed E-state index contributed by atoms with van der Waals surface area (Å²) in [7, 11) is 0. The van der Waals surface area contributed by atoms with Crippen LogP contribution in [0.4, 0.5) is 0 Å². The third-order valence-electron chi connectivity index (χ3n) is 6.36. The van der Waals surface area contributed by atoms with Gasteiger partial charge in [-0.1, -0.05) is 23.2 Å². The lowest BCUT2D eigenvalue weighted by Crippen LogP contribution is -2.46. The maximum atomic E-state index is 12.9. The summed E-state index contributed by atoms with van der Waals surface area (Å²) >= 11 is 11.8. The highest BCUT2D eigenvalue weighted by Gasteiger charge is 2.39. The van der Waals surface area contributed by atoms with E-state index in [9.17, 15) is 19.2 Å². The van der Waals surface area contributed by atoms with E-state index >= 15 is 0 Å². The van der Waals surface area contributed by atoms with Gasteiger partial charge in [0.2, 0.25) is 11.2 Å². The van der Waals surface area contributed by atoms with E-state index in [2.05, 4.69) is 0 Å². The smallest absolute Gasteiger partial charge is 0.357 e. The molecule has 0 atom stereocenters. The number of carbonyl (C=O) groups excluding carboxylic acids is 4. The van der Waals surface area contributed by atoms with Crippen LogP contribution in [0.1, 0.15) is 59.5 Å². The second-order valence-corrected chi connectivity index (χ2v) is 11.5. The summed E-state index contributed by atoms with van der Waals surface area (Å²) in [6.45, 7) is 5.83. The number of carbonyl (C=O) groups is 4. The number of hydrogen-bond acceptors (Lipinski definition) is 7. The standard InChI is InChI=1S/C34H28Cl2O7/c1-33(2,42-27-17-9-23(10-18-27)29(37)21-5-13-25(35)14-6-21)31(39)41-32(40)34(3,4)43-28-19-11-24(12-20-28)30(38)22-7-15-26(36)16-8-22/h5-20H,1-4H3. The molecule has 4 rings (SSSR count). The van der Waals surface area contributed by atoms with Gasteiger partial charge in [-0.25, -0.2) is 9.59 Å². The molecule has 0 spiro atoms. The average molecular weight is 619 g/mol. The van der Waals surface area contributed by atoms with Crippen molar-refractivity contribution in [2.24, 2.45) is 0 Å². The zero-order valence-corrected chi connectivity index (χ0v) is 25.4. The number of halogens is 2. The zero-order chi connectivity index (χ0) is 31.4. The molecule has 0 radical (unpaired) electrons. The van der Waals surface area contributed by atoms with E-state index in [1.165, 1.54) is 27.7 Å². The van der Waals surface area contributed by atoms with Crippen molar-refractivity contribution in [2.75, 3.05) is 0 Å². The van der Waals surface area contributed by atoms with Gasteiger partial charge in [0.25, 0.3) is 0 Å². The lowest BCUT2D eigenvalue weighted by atomic mass is 10.0. The van der Waals surface area contributed by atoms with Crippen LogP contribution in [0.3, 0.4) is 0 Å². The van der Waals surface area contributed by atoms with Crippen LogP contribution in [0.5, 0.6) is 11.5 Å². The Labute approximate surface area is 259 Å². The summed E-state index contributed by atoms with van der Waals surface area (Å²) in [6.07, 6.45) is 0. The molecular formula is C34H28Cl2O7. The molecule has 9 heteroatoms. The maximum Gasteiger partial charge on any atom is 0.357 e. The molecule has 0 heterocycles. The average Bonchev–Trinajstić information content (AvgIpc) is 2.97. The number of hydrogen-bond donors (Lipinski definition) is 0. The van der Waals surface area contributed by atoms with Crippen LogP contribution in [0, 0.1) is 0 Å². The Morgan fingerprint density at radius 2 is 0.721 bits per heavy atom.